The molecule has 0 atom stereocenters. The zero-order valence-corrected chi connectivity index (χ0v) is 12.3. The summed E-state index contributed by atoms with van der Waals surface area (Å²) in [5.41, 5.74) is 3.50. The fraction of sp³-hybridized carbons (Fsp3) is 0.286. The van der Waals surface area contributed by atoms with Crippen molar-refractivity contribution in [3.8, 4) is 0 Å². The average molecular weight is 307 g/mol. The molecule has 0 fully saturated rings. The Bertz CT molecular complexity index is 602. The van der Waals surface area contributed by atoms with Crippen molar-refractivity contribution in [3.05, 3.63) is 51.3 Å². The molecule has 0 spiro atoms. The van der Waals surface area contributed by atoms with Gasteiger partial charge in [0.1, 0.15) is 5.69 Å². The third kappa shape index (κ3) is 2.25. The van der Waals surface area contributed by atoms with Crippen molar-refractivity contribution in [3.63, 3.8) is 0 Å². The molecule has 0 aliphatic rings. The maximum atomic E-state index is 12.5. The van der Waals surface area contributed by atoms with Gasteiger partial charge in [-0.1, -0.05) is 23.8 Å². The van der Waals surface area contributed by atoms with E-state index in [0.717, 1.165) is 21.2 Å². The highest BCUT2D eigenvalue weighted by atomic mass is 79.9. The molecule has 0 aliphatic heterocycles. The summed E-state index contributed by atoms with van der Waals surface area (Å²) in [6, 6.07) is 5.86. The number of aryl methyl sites for hydroxylation is 3. The molecule has 1 aromatic carbocycles. The summed E-state index contributed by atoms with van der Waals surface area (Å²) < 4.78 is 2.46. The van der Waals surface area contributed by atoms with E-state index in [-0.39, 0.29) is 5.78 Å². The largest absolute Gasteiger partial charge is 0.287 e. The van der Waals surface area contributed by atoms with E-state index in [2.05, 4.69) is 21.0 Å². The number of hydrogen-bond donors (Lipinski definition) is 0. The van der Waals surface area contributed by atoms with Crippen LogP contribution < -0.4 is 0 Å². The van der Waals surface area contributed by atoms with Crippen LogP contribution in [0.15, 0.2) is 28.9 Å². The number of ketones is 1. The van der Waals surface area contributed by atoms with Crippen LogP contribution >= 0.6 is 15.9 Å². The normalized spacial score (nSPS) is 10.7. The first-order valence-electron chi connectivity index (χ1n) is 5.87. The van der Waals surface area contributed by atoms with Gasteiger partial charge in [-0.15, -0.1) is 0 Å². The summed E-state index contributed by atoms with van der Waals surface area (Å²) in [4.78, 5) is 12.5. The van der Waals surface area contributed by atoms with Gasteiger partial charge in [-0.05, 0) is 42.3 Å². The predicted molar refractivity (Wildman–Crippen MR) is 74.9 cm³/mol. The first kappa shape index (κ1) is 13.0. The lowest BCUT2D eigenvalue weighted by Crippen LogP contribution is -2.12. The van der Waals surface area contributed by atoms with Crippen LogP contribution in [0, 0.1) is 13.8 Å². The van der Waals surface area contributed by atoms with E-state index in [1.165, 1.54) is 0 Å². The summed E-state index contributed by atoms with van der Waals surface area (Å²) in [5.74, 6) is 0.0127. The van der Waals surface area contributed by atoms with Gasteiger partial charge in [-0.3, -0.25) is 9.48 Å². The van der Waals surface area contributed by atoms with Crippen molar-refractivity contribution in [2.75, 3.05) is 0 Å². The Morgan fingerprint density at radius 3 is 2.72 bits per heavy atom. The van der Waals surface area contributed by atoms with E-state index in [1.807, 2.05) is 39.0 Å². The van der Waals surface area contributed by atoms with Crippen LogP contribution in [0.25, 0.3) is 0 Å². The van der Waals surface area contributed by atoms with Gasteiger partial charge in [0.2, 0.25) is 5.78 Å². The molecular weight excluding hydrogens is 292 g/mol. The second-order valence-corrected chi connectivity index (χ2v) is 5.16. The third-order valence-corrected chi connectivity index (χ3v) is 3.52. The first-order chi connectivity index (χ1) is 8.54. The van der Waals surface area contributed by atoms with Gasteiger partial charge < -0.3 is 0 Å². The number of nitrogens with zero attached hydrogens (tertiary/aromatic N) is 2. The number of carbonyl (C=O) groups is 1. The zero-order chi connectivity index (χ0) is 13.3. The SMILES string of the molecule is CCn1ncc(Br)c1C(=O)c1ccc(C)cc1C. The Balaban J connectivity index is 2.51. The Hall–Kier alpha value is -1.42. The van der Waals surface area contributed by atoms with Crippen molar-refractivity contribution in [2.24, 2.45) is 0 Å². The van der Waals surface area contributed by atoms with Gasteiger partial charge in [0.15, 0.2) is 0 Å². The highest BCUT2D eigenvalue weighted by Crippen LogP contribution is 2.22. The molecule has 1 heterocycles. The summed E-state index contributed by atoms with van der Waals surface area (Å²) in [6.45, 7) is 6.63. The Morgan fingerprint density at radius 2 is 2.11 bits per heavy atom. The van der Waals surface area contributed by atoms with Gasteiger partial charge >= 0.3 is 0 Å². The minimum absolute atomic E-state index is 0.0127. The van der Waals surface area contributed by atoms with E-state index < -0.39 is 0 Å². The van der Waals surface area contributed by atoms with Crippen molar-refractivity contribution in [2.45, 2.75) is 27.3 Å². The van der Waals surface area contributed by atoms with Crippen molar-refractivity contribution < 1.29 is 4.79 Å². The van der Waals surface area contributed by atoms with Gasteiger partial charge in [0, 0.05) is 12.1 Å². The van der Waals surface area contributed by atoms with Crippen LogP contribution in [0.2, 0.25) is 0 Å². The topological polar surface area (TPSA) is 34.9 Å². The van der Waals surface area contributed by atoms with Crippen LogP contribution in [0.4, 0.5) is 0 Å². The molecule has 94 valence electrons. The number of carbonyl (C=O) groups excluding carboxylic acids is 1. The average Bonchev–Trinajstić information content (AvgIpc) is 2.69. The lowest BCUT2D eigenvalue weighted by atomic mass is 10.0. The van der Waals surface area contributed by atoms with Crippen molar-refractivity contribution in [1.82, 2.24) is 9.78 Å². The fourth-order valence-electron chi connectivity index (χ4n) is 2.02. The highest BCUT2D eigenvalue weighted by molar-refractivity contribution is 9.10. The van der Waals surface area contributed by atoms with Gasteiger partial charge in [0.05, 0.1) is 10.7 Å². The van der Waals surface area contributed by atoms with E-state index in [9.17, 15) is 4.79 Å². The molecule has 0 saturated heterocycles. The molecule has 2 aromatic rings. The molecule has 0 amide bonds. The summed E-state index contributed by atoms with van der Waals surface area (Å²) in [7, 11) is 0. The molecule has 0 aliphatic carbocycles. The second kappa shape index (κ2) is 5.06. The number of aromatic nitrogens is 2. The third-order valence-electron chi connectivity index (χ3n) is 2.94. The predicted octanol–water partition coefficient (Wildman–Crippen LogP) is 3.51. The lowest BCUT2D eigenvalue weighted by molar-refractivity contribution is 0.102. The van der Waals surface area contributed by atoms with Crippen molar-refractivity contribution in [1.29, 1.82) is 0 Å². The molecule has 18 heavy (non-hydrogen) atoms. The smallest absolute Gasteiger partial charge is 0.212 e. The summed E-state index contributed by atoms with van der Waals surface area (Å²) >= 11 is 3.39. The Morgan fingerprint density at radius 1 is 1.39 bits per heavy atom. The second-order valence-electron chi connectivity index (χ2n) is 4.30. The molecule has 0 bridgehead atoms. The molecule has 0 radical (unpaired) electrons. The molecule has 2 rings (SSSR count). The lowest BCUT2D eigenvalue weighted by Gasteiger charge is -2.08. The highest BCUT2D eigenvalue weighted by Gasteiger charge is 2.19. The van der Waals surface area contributed by atoms with E-state index in [4.69, 9.17) is 0 Å². The van der Waals surface area contributed by atoms with Crippen LogP contribution in [-0.4, -0.2) is 15.6 Å². The van der Waals surface area contributed by atoms with E-state index in [0.29, 0.717) is 12.2 Å². The molecule has 0 saturated carbocycles. The number of rotatable bonds is 3. The Kier molecular flexibility index (Phi) is 3.66. The molecule has 3 nitrogen and oxygen atoms in total. The van der Waals surface area contributed by atoms with Gasteiger partial charge in [-0.2, -0.15) is 5.10 Å². The monoisotopic (exact) mass is 306 g/mol. The maximum Gasteiger partial charge on any atom is 0.212 e. The van der Waals surface area contributed by atoms with Gasteiger partial charge in [-0.25, -0.2) is 0 Å². The quantitative estimate of drug-likeness (QED) is 0.813. The number of hydrogen-bond acceptors (Lipinski definition) is 2. The molecule has 0 unspecified atom stereocenters. The number of benzene rings is 1. The van der Waals surface area contributed by atoms with Crippen LogP contribution in [0.3, 0.4) is 0 Å². The molecular formula is C14H15BrN2O. The van der Waals surface area contributed by atoms with Crippen LogP contribution in [0.1, 0.15) is 34.1 Å². The molecule has 0 N–H and O–H groups in total. The first-order valence-corrected chi connectivity index (χ1v) is 6.67. The minimum atomic E-state index is 0.0127. The summed E-state index contributed by atoms with van der Waals surface area (Å²) in [6.07, 6.45) is 1.67. The number of halogens is 1. The van der Waals surface area contributed by atoms with Crippen molar-refractivity contribution >= 4 is 21.7 Å². The van der Waals surface area contributed by atoms with E-state index in [1.54, 1.807) is 10.9 Å². The Labute approximate surface area is 115 Å². The maximum absolute atomic E-state index is 12.5. The summed E-state index contributed by atoms with van der Waals surface area (Å²) in [5, 5.41) is 4.18. The molecule has 4 heteroatoms. The zero-order valence-electron chi connectivity index (χ0n) is 10.7. The minimum Gasteiger partial charge on any atom is -0.287 e. The van der Waals surface area contributed by atoms with Gasteiger partial charge in [0.25, 0.3) is 0 Å². The molecule has 1 aromatic heterocycles. The fourth-order valence-corrected chi connectivity index (χ4v) is 2.50. The van der Waals surface area contributed by atoms with Crippen LogP contribution in [-0.2, 0) is 6.54 Å². The van der Waals surface area contributed by atoms with Crippen LogP contribution in [0.5, 0.6) is 0 Å². The van der Waals surface area contributed by atoms with E-state index >= 15 is 0 Å². The standard InChI is InChI=1S/C14H15BrN2O/c1-4-17-13(12(15)8-16-17)14(18)11-6-5-9(2)7-10(11)3/h5-8H,4H2,1-3H3.